The van der Waals surface area contributed by atoms with Gasteiger partial charge in [0, 0.05) is 19.6 Å². The van der Waals surface area contributed by atoms with E-state index < -0.39 is 10.0 Å². The lowest BCUT2D eigenvalue weighted by Gasteiger charge is -2.26. The third-order valence-electron chi connectivity index (χ3n) is 3.66. The van der Waals surface area contributed by atoms with Crippen molar-refractivity contribution < 1.29 is 17.9 Å². The second-order valence-corrected chi connectivity index (χ2v) is 7.39. The lowest BCUT2D eigenvalue weighted by molar-refractivity contribution is -0.120. The Morgan fingerprint density at radius 2 is 2.00 bits per heavy atom. The summed E-state index contributed by atoms with van der Waals surface area (Å²) in [6, 6.07) is 7.30. The molecule has 0 bridgehead atoms. The molecule has 1 aromatic carbocycles. The van der Waals surface area contributed by atoms with Gasteiger partial charge in [-0.05, 0) is 30.5 Å². The van der Waals surface area contributed by atoms with Crippen molar-refractivity contribution in [3.8, 4) is 5.75 Å². The van der Waals surface area contributed by atoms with Gasteiger partial charge in [-0.3, -0.25) is 4.79 Å². The summed E-state index contributed by atoms with van der Waals surface area (Å²) in [5.74, 6) is 0.853. The van der Waals surface area contributed by atoms with Crippen molar-refractivity contribution in [1.29, 1.82) is 0 Å². The topological polar surface area (TPSA) is 75.7 Å². The van der Waals surface area contributed by atoms with Gasteiger partial charge >= 0.3 is 0 Å². The summed E-state index contributed by atoms with van der Waals surface area (Å²) < 4.78 is 30.1. The average Bonchev–Trinajstić information content (AvgIpc) is 2.49. The number of hydrogen-bond acceptors (Lipinski definition) is 4. The first-order chi connectivity index (χ1) is 10.5. The van der Waals surface area contributed by atoms with Crippen LogP contribution in [0.5, 0.6) is 5.75 Å². The van der Waals surface area contributed by atoms with E-state index in [1.807, 2.05) is 24.3 Å². The van der Waals surface area contributed by atoms with Crippen LogP contribution in [0.1, 0.15) is 18.4 Å². The Bertz CT molecular complexity index is 598. The number of nitrogens with one attached hydrogen (secondary N) is 1. The first-order valence-electron chi connectivity index (χ1n) is 7.39. The quantitative estimate of drug-likeness (QED) is 0.838. The first-order valence-corrected chi connectivity index (χ1v) is 8.99. The molecule has 0 radical (unpaired) electrons. The zero-order valence-corrected chi connectivity index (χ0v) is 13.6. The van der Waals surface area contributed by atoms with E-state index in [0.29, 0.717) is 19.6 Å². The van der Waals surface area contributed by atoms with E-state index in [1.165, 1.54) is 4.31 Å². The highest BCUT2D eigenvalue weighted by Gasteiger charge is 2.25. The van der Waals surface area contributed by atoms with Crippen LogP contribution in [0.4, 0.5) is 0 Å². The largest absolute Gasteiger partial charge is 0.497 e. The molecule has 2 rings (SSSR count). The number of carbonyl (C=O) groups excluding carboxylic acids is 1. The minimum atomic E-state index is -3.12. The summed E-state index contributed by atoms with van der Waals surface area (Å²) >= 11 is 0. The van der Waals surface area contributed by atoms with Crippen molar-refractivity contribution in [1.82, 2.24) is 9.62 Å². The van der Waals surface area contributed by atoms with E-state index in [0.717, 1.165) is 24.2 Å². The number of methoxy groups -OCH3 is 1. The monoisotopic (exact) mass is 326 g/mol. The number of amides is 1. The molecule has 0 aromatic heterocycles. The van der Waals surface area contributed by atoms with Crippen LogP contribution in [0.3, 0.4) is 0 Å². The second kappa shape index (κ2) is 7.60. The summed E-state index contributed by atoms with van der Waals surface area (Å²) in [5.41, 5.74) is 0.892. The molecule has 0 saturated carbocycles. The number of carbonyl (C=O) groups is 1. The third-order valence-corrected chi connectivity index (χ3v) is 5.62. The number of sulfonamides is 1. The zero-order chi connectivity index (χ0) is 16.0. The van der Waals surface area contributed by atoms with Gasteiger partial charge in [-0.2, -0.15) is 0 Å². The standard InChI is InChI=1S/C15H22N2O4S/c1-21-14-6-4-13(5-7-14)12-15(18)16-8-10-17-9-2-3-11-22(17,19)20/h4-7H,2-3,8-12H2,1H3,(H,16,18). The molecule has 7 heteroatoms. The molecule has 1 N–H and O–H groups in total. The Hall–Kier alpha value is -1.60. The van der Waals surface area contributed by atoms with E-state index in [2.05, 4.69) is 5.32 Å². The van der Waals surface area contributed by atoms with Gasteiger partial charge in [-0.1, -0.05) is 12.1 Å². The van der Waals surface area contributed by atoms with Crippen molar-refractivity contribution in [2.24, 2.45) is 0 Å². The van der Waals surface area contributed by atoms with Crippen LogP contribution in [-0.2, 0) is 21.2 Å². The number of rotatable bonds is 6. The Morgan fingerprint density at radius 3 is 2.64 bits per heavy atom. The molecule has 0 unspecified atom stereocenters. The predicted octanol–water partition coefficient (Wildman–Crippen LogP) is 0.780. The maximum atomic E-state index is 11.9. The van der Waals surface area contributed by atoms with Crippen molar-refractivity contribution in [3.05, 3.63) is 29.8 Å². The fraction of sp³-hybridized carbons (Fsp3) is 0.533. The van der Waals surface area contributed by atoms with Gasteiger partial charge in [0.15, 0.2) is 0 Å². The van der Waals surface area contributed by atoms with Crippen LogP contribution < -0.4 is 10.1 Å². The molecule has 122 valence electrons. The summed E-state index contributed by atoms with van der Waals surface area (Å²) in [5, 5.41) is 2.77. The smallest absolute Gasteiger partial charge is 0.224 e. The minimum Gasteiger partial charge on any atom is -0.497 e. The lowest BCUT2D eigenvalue weighted by Crippen LogP contribution is -2.42. The number of benzene rings is 1. The van der Waals surface area contributed by atoms with Crippen molar-refractivity contribution in [2.75, 3.05) is 32.5 Å². The van der Waals surface area contributed by atoms with Crippen LogP contribution in [0.25, 0.3) is 0 Å². The molecule has 1 amide bonds. The van der Waals surface area contributed by atoms with Gasteiger partial charge in [-0.15, -0.1) is 0 Å². The Labute approximate surface area is 131 Å². The molecular weight excluding hydrogens is 304 g/mol. The highest BCUT2D eigenvalue weighted by molar-refractivity contribution is 7.89. The molecule has 0 atom stereocenters. The fourth-order valence-corrected chi connectivity index (χ4v) is 4.01. The lowest BCUT2D eigenvalue weighted by atomic mass is 10.1. The molecule has 0 aliphatic carbocycles. The maximum absolute atomic E-state index is 11.9. The molecule has 1 heterocycles. The normalized spacial score (nSPS) is 17.9. The molecular formula is C15H22N2O4S. The van der Waals surface area contributed by atoms with Gasteiger partial charge < -0.3 is 10.1 Å². The average molecular weight is 326 g/mol. The highest BCUT2D eigenvalue weighted by atomic mass is 32.2. The molecule has 1 aliphatic heterocycles. The molecule has 1 saturated heterocycles. The minimum absolute atomic E-state index is 0.112. The third kappa shape index (κ3) is 4.71. The van der Waals surface area contributed by atoms with E-state index in [9.17, 15) is 13.2 Å². The number of ether oxygens (including phenoxy) is 1. The number of hydrogen-bond donors (Lipinski definition) is 1. The zero-order valence-electron chi connectivity index (χ0n) is 12.7. The van der Waals surface area contributed by atoms with Crippen LogP contribution in [0.15, 0.2) is 24.3 Å². The Kier molecular flexibility index (Phi) is 5.79. The fourth-order valence-electron chi connectivity index (χ4n) is 2.40. The molecule has 1 aliphatic rings. The van der Waals surface area contributed by atoms with Crippen LogP contribution >= 0.6 is 0 Å². The van der Waals surface area contributed by atoms with Gasteiger partial charge in [0.05, 0.1) is 19.3 Å². The summed E-state index contributed by atoms with van der Waals surface area (Å²) in [4.78, 5) is 11.9. The van der Waals surface area contributed by atoms with Gasteiger partial charge in [-0.25, -0.2) is 12.7 Å². The SMILES string of the molecule is COc1ccc(CC(=O)NCCN2CCCCS2(=O)=O)cc1. The second-order valence-electron chi connectivity index (χ2n) is 5.30. The summed E-state index contributed by atoms with van der Waals surface area (Å²) in [7, 11) is -1.53. The number of nitrogens with zero attached hydrogens (tertiary/aromatic N) is 1. The van der Waals surface area contributed by atoms with Gasteiger partial charge in [0.1, 0.15) is 5.75 Å². The van der Waals surface area contributed by atoms with Gasteiger partial charge in [0.2, 0.25) is 15.9 Å². The Morgan fingerprint density at radius 1 is 1.27 bits per heavy atom. The van der Waals surface area contributed by atoms with E-state index in [1.54, 1.807) is 7.11 Å². The van der Waals surface area contributed by atoms with Crippen molar-refractivity contribution in [2.45, 2.75) is 19.3 Å². The molecule has 1 aromatic rings. The first kappa shape index (κ1) is 16.8. The van der Waals surface area contributed by atoms with Crippen LogP contribution in [0.2, 0.25) is 0 Å². The molecule has 1 fully saturated rings. The van der Waals surface area contributed by atoms with Crippen LogP contribution in [0, 0.1) is 0 Å². The molecule has 6 nitrogen and oxygen atoms in total. The van der Waals surface area contributed by atoms with Crippen LogP contribution in [-0.4, -0.2) is 51.1 Å². The van der Waals surface area contributed by atoms with Crippen molar-refractivity contribution >= 4 is 15.9 Å². The van der Waals surface area contributed by atoms with Gasteiger partial charge in [0.25, 0.3) is 0 Å². The summed E-state index contributed by atoms with van der Waals surface area (Å²) in [6.45, 7) is 1.24. The molecule has 22 heavy (non-hydrogen) atoms. The van der Waals surface area contributed by atoms with E-state index >= 15 is 0 Å². The van der Waals surface area contributed by atoms with E-state index in [-0.39, 0.29) is 18.1 Å². The Balaban J connectivity index is 1.75. The summed E-state index contributed by atoms with van der Waals surface area (Å²) in [6.07, 6.45) is 1.89. The maximum Gasteiger partial charge on any atom is 0.224 e. The predicted molar refractivity (Wildman–Crippen MR) is 84.3 cm³/mol. The highest BCUT2D eigenvalue weighted by Crippen LogP contribution is 2.13. The van der Waals surface area contributed by atoms with Crippen molar-refractivity contribution in [3.63, 3.8) is 0 Å². The molecule has 0 spiro atoms. The van der Waals surface area contributed by atoms with E-state index in [4.69, 9.17) is 4.74 Å².